The zero-order valence-electron chi connectivity index (χ0n) is 16.8. The van der Waals surface area contributed by atoms with Crippen LogP contribution < -0.4 is 10.6 Å². The first-order valence-electron chi connectivity index (χ1n) is 9.61. The Balaban J connectivity index is 2.82. The van der Waals surface area contributed by atoms with E-state index in [1.165, 1.54) is 6.92 Å². The molecule has 27 heavy (non-hydrogen) atoms. The van der Waals surface area contributed by atoms with Crippen LogP contribution in [0.15, 0.2) is 30.3 Å². The van der Waals surface area contributed by atoms with Crippen LogP contribution in [0.25, 0.3) is 0 Å². The number of esters is 1. The van der Waals surface area contributed by atoms with E-state index in [0.29, 0.717) is 19.4 Å². The summed E-state index contributed by atoms with van der Waals surface area (Å²) in [5.74, 6) is -0.890. The topological polar surface area (TPSA) is 84.5 Å². The number of carbonyl (C=O) groups excluding carboxylic acids is 3. The Hall–Kier alpha value is -2.37. The fourth-order valence-electron chi connectivity index (χ4n) is 2.68. The number of nitrogens with one attached hydrogen (secondary N) is 2. The molecule has 0 aliphatic rings. The van der Waals surface area contributed by atoms with Gasteiger partial charge >= 0.3 is 5.97 Å². The van der Waals surface area contributed by atoms with E-state index in [-0.39, 0.29) is 17.7 Å². The van der Waals surface area contributed by atoms with Gasteiger partial charge in [-0.05, 0) is 24.3 Å². The molecule has 0 saturated carbocycles. The van der Waals surface area contributed by atoms with E-state index in [1.807, 2.05) is 51.1 Å². The van der Waals surface area contributed by atoms with Crippen molar-refractivity contribution >= 4 is 17.8 Å². The van der Waals surface area contributed by atoms with Crippen LogP contribution in [0, 0.1) is 5.92 Å². The molecule has 0 fully saturated rings. The van der Waals surface area contributed by atoms with Crippen molar-refractivity contribution < 1.29 is 19.1 Å². The molecule has 0 spiro atoms. The van der Waals surface area contributed by atoms with E-state index in [1.54, 1.807) is 0 Å². The Labute approximate surface area is 162 Å². The molecule has 0 heterocycles. The molecule has 2 atom stereocenters. The normalized spacial score (nSPS) is 12.9. The van der Waals surface area contributed by atoms with Crippen molar-refractivity contribution in [1.82, 2.24) is 10.6 Å². The summed E-state index contributed by atoms with van der Waals surface area (Å²) in [6, 6.07) is 7.97. The standard InChI is InChI=1S/C21H32N2O4/c1-5-6-12-27-21(26)19(13-15(2)3)23-20(25)18(22-16(4)24)14-17-10-8-7-9-11-17/h7-11,15,18-19H,5-6,12-14H2,1-4H3,(H,22,24)(H,23,25). The summed E-state index contributed by atoms with van der Waals surface area (Å²) in [4.78, 5) is 36.7. The number of benzene rings is 1. The van der Waals surface area contributed by atoms with Gasteiger partial charge in [0.1, 0.15) is 12.1 Å². The van der Waals surface area contributed by atoms with Crippen LogP contribution in [-0.4, -0.2) is 36.5 Å². The third-order valence-electron chi connectivity index (χ3n) is 4.03. The lowest BCUT2D eigenvalue weighted by atomic mass is 10.0. The van der Waals surface area contributed by atoms with E-state index >= 15 is 0 Å². The first-order valence-corrected chi connectivity index (χ1v) is 9.61. The quantitative estimate of drug-likeness (QED) is 0.459. The molecule has 0 radical (unpaired) electrons. The highest BCUT2D eigenvalue weighted by Gasteiger charge is 2.27. The third kappa shape index (κ3) is 9.22. The van der Waals surface area contributed by atoms with Crippen molar-refractivity contribution in [2.24, 2.45) is 5.92 Å². The Kier molecular flexibility index (Phi) is 10.2. The number of rotatable bonds is 11. The number of amides is 2. The average molecular weight is 376 g/mol. The Morgan fingerprint density at radius 1 is 1.04 bits per heavy atom. The molecule has 0 aliphatic heterocycles. The number of carbonyl (C=O) groups is 3. The number of ether oxygens (including phenoxy) is 1. The number of hydrogen-bond donors (Lipinski definition) is 2. The van der Waals surface area contributed by atoms with Gasteiger partial charge in [0.05, 0.1) is 6.61 Å². The molecule has 0 aliphatic carbocycles. The SMILES string of the molecule is CCCCOC(=O)C(CC(C)C)NC(=O)C(Cc1ccccc1)NC(C)=O. The molecular weight excluding hydrogens is 344 g/mol. The molecule has 0 aromatic heterocycles. The summed E-state index contributed by atoms with van der Waals surface area (Å²) < 4.78 is 5.28. The van der Waals surface area contributed by atoms with Gasteiger partial charge in [0.2, 0.25) is 11.8 Å². The van der Waals surface area contributed by atoms with Gasteiger partial charge in [0.25, 0.3) is 0 Å². The second-order valence-electron chi connectivity index (χ2n) is 7.15. The zero-order valence-corrected chi connectivity index (χ0v) is 16.8. The molecule has 1 rings (SSSR count). The van der Waals surface area contributed by atoms with Gasteiger partial charge in [0.15, 0.2) is 0 Å². The third-order valence-corrected chi connectivity index (χ3v) is 4.03. The predicted octanol–water partition coefficient (Wildman–Crippen LogP) is 2.61. The van der Waals surface area contributed by atoms with Crippen LogP contribution in [0.1, 0.15) is 52.5 Å². The number of hydrogen-bond acceptors (Lipinski definition) is 4. The van der Waals surface area contributed by atoms with Crippen molar-refractivity contribution in [3.63, 3.8) is 0 Å². The maximum Gasteiger partial charge on any atom is 0.328 e. The monoisotopic (exact) mass is 376 g/mol. The van der Waals surface area contributed by atoms with Gasteiger partial charge < -0.3 is 15.4 Å². The van der Waals surface area contributed by atoms with Gasteiger partial charge in [-0.1, -0.05) is 57.5 Å². The van der Waals surface area contributed by atoms with Crippen LogP contribution in [-0.2, 0) is 25.5 Å². The van der Waals surface area contributed by atoms with E-state index in [4.69, 9.17) is 4.74 Å². The Morgan fingerprint density at radius 3 is 2.26 bits per heavy atom. The first-order chi connectivity index (χ1) is 12.8. The van der Waals surface area contributed by atoms with Gasteiger partial charge in [0, 0.05) is 13.3 Å². The van der Waals surface area contributed by atoms with Gasteiger partial charge in [-0.15, -0.1) is 0 Å². The van der Waals surface area contributed by atoms with E-state index in [9.17, 15) is 14.4 Å². The highest BCUT2D eigenvalue weighted by molar-refractivity contribution is 5.90. The second-order valence-corrected chi connectivity index (χ2v) is 7.15. The van der Waals surface area contributed by atoms with Crippen LogP contribution in [0.2, 0.25) is 0 Å². The summed E-state index contributed by atoms with van der Waals surface area (Å²) >= 11 is 0. The van der Waals surface area contributed by atoms with Gasteiger partial charge in [-0.3, -0.25) is 9.59 Å². The van der Waals surface area contributed by atoms with Crippen LogP contribution in [0.3, 0.4) is 0 Å². The first kappa shape index (κ1) is 22.7. The van der Waals surface area contributed by atoms with Crippen molar-refractivity contribution in [3.8, 4) is 0 Å². The minimum atomic E-state index is -0.747. The summed E-state index contributed by atoms with van der Waals surface area (Å²) in [5.41, 5.74) is 0.928. The van der Waals surface area contributed by atoms with Crippen LogP contribution >= 0.6 is 0 Å². The summed E-state index contributed by atoms with van der Waals surface area (Å²) in [7, 11) is 0. The predicted molar refractivity (Wildman–Crippen MR) is 105 cm³/mol. The summed E-state index contributed by atoms with van der Waals surface area (Å²) in [5, 5.41) is 5.45. The van der Waals surface area contributed by atoms with Crippen molar-refractivity contribution in [2.45, 2.75) is 65.5 Å². The molecule has 0 bridgehead atoms. The lowest BCUT2D eigenvalue weighted by Crippen LogP contribution is -2.52. The van der Waals surface area contributed by atoms with Crippen molar-refractivity contribution in [2.75, 3.05) is 6.61 Å². The zero-order chi connectivity index (χ0) is 20.2. The molecule has 6 heteroatoms. The van der Waals surface area contributed by atoms with Gasteiger partial charge in [-0.25, -0.2) is 4.79 Å². The molecule has 2 amide bonds. The van der Waals surface area contributed by atoms with E-state index in [0.717, 1.165) is 18.4 Å². The van der Waals surface area contributed by atoms with E-state index < -0.39 is 18.1 Å². The molecule has 2 unspecified atom stereocenters. The lowest BCUT2D eigenvalue weighted by molar-refractivity contribution is -0.148. The minimum absolute atomic E-state index is 0.211. The maximum atomic E-state index is 12.8. The molecule has 1 aromatic carbocycles. The maximum absolute atomic E-state index is 12.8. The minimum Gasteiger partial charge on any atom is -0.464 e. The highest BCUT2D eigenvalue weighted by atomic mass is 16.5. The van der Waals surface area contributed by atoms with E-state index in [2.05, 4.69) is 10.6 Å². The van der Waals surface area contributed by atoms with Crippen molar-refractivity contribution in [3.05, 3.63) is 35.9 Å². The Morgan fingerprint density at radius 2 is 1.70 bits per heavy atom. The second kappa shape index (κ2) is 12.1. The molecule has 0 saturated heterocycles. The summed E-state index contributed by atoms with van der Waals surface area (Å²) in [6.45, 7) is 7.69. The molecule has 2 N–H and O–H groups in total. The van der Waals surface area contributed by atoms with Crippen LogP contribution in [0.5, 0.6) is 0 Å². The van der Waals surface area contributed by atoms with Gasteiger partial charge in [-0.2, -0.15) is 0 Å². The largest absolute Gasteiger partial charge is 0.464 e. The molecule has 150 valence electrons. The molecular formula is C21H32N2O4. The smallest absolute Gasteiger partial charge is 0.328 e. The summed E-state index contributed by atoms with van der Waals surface area (Å²) in [6.07, 6.45) is 2.55. The molecule has 6 nitrogen and oxygen atoms in total. The average Bonchev–Trinajstić information content (AvgIpc) is 2.60. The van der Waals surface area contributed by atoms with Crippen molar-refractivity contribution in [1.29, 1.82) is 0 Å². The van der Waals surface area contributed by atoms with Crippen LogP contribution in [0.4, 0.5) is 0 Å². The fourth-order valence-corrected chi connectivity index (χ4v) is 2.68. The highest BCUT2D eigenvalue weighted by Crippen LogP contribution is 2.09. The number of unbranched alkanes of at least 4 members (excludes halogenated alkanes) is 1. The lowest BCUT2D eigenvalue weighted by Gasteiger charge is -2.23. The Bertz CT molecular complexity index is 601. The molecule has 1 aromatic rings. The fraction of sp³-hybridized carbons (Fsp3) is 0.571.